The largest absolute Gasteiger partial charge is 0.507 e. The Hall–Kier alpha value is -2.27. The van der Waals surface area contributed by atoms with E-state index in [2.05, 4.69) is 5.32 Å². The fourth-order valence-electron chi connectivity index (χ4n) is 2.69. The lowest BCUT2D eigenvalue weighted by Gasteiger charge is -2.24. The van der Waals surface area contributed by atoms with Crippen molar-refractivity contribution >= 4 is 16.7 Å². The summed E-state index contributed by atoms with van der Waals surface area (Å²) in [4.78, 5) is 11.3. The van der Waals surface area contributed by atoms with Crippen LogP contribution in [0.1, 0.15) is 23.2 Å². The molecule has 0 spiro atoms. The number of amides is 1. The van der Waals surface area contributed by atoms with Gasteiger partial charge in [0.15, 0.2) is 0 Å². The minimum atomic E-state index is -0.641. The van der Waals surface area contributed by atoms with Gasteiger partial charge < -0.3 is 20.9 Å². The summed E-state index contributed by atoms with van der Waals surface area (Å²) in [6.07, 6.45) is 2.23. The van der Waals surface area contributed by atoms with Crippen LogP contribution in [0.4, 0.5) is 0 Å². The molecule has 4 N–H and O–H groups in total. The number of phenols is 1. The average molecular weight is 286 g/mol. The first-order chi connectivity index (χ1) is 10.1. The third-order valence-corrected chi connectivity index (χ3v) is 3.77. The summed E-state index contributed by atoms with van der Waals surface area (Å²) in [5, 5.41) is 14.8. The second-order valence-corrected chi connectivity index (χ2v) is 5.30. The van der Waals surface area contributed by atoms with Crippen LogP contribution < -0.4 is 15.8 Å². The number of piperidine rings is 1. The number of hydrogen-bond acceptors (Lipinski definition) is 4. The van der Waals surface area contributed by atoms with Gasteiger partial charge in [-0.25, -0.2) is 0 Å². The minimum Gasteiger partial charge on any atom is -0.507 e. The molecule has 1 amide bonds. The zero-order valence-electron chi connectivity index (χ0n) is 11.6. The van der Waals surface area contributed by atoms with Crippen molar-refractivity contribution in [3.05, 3.63) is 35.9 Å². The third-order valence-electron chi connectivity index (χ3n) is 3.77. The summed E-state index contributed by atoms with van der Waals surface area (Å²) in [6.45, 7) is 1.85. The van der Waals surface area contributed by atoms with Crippen molar-refractivity contribution in [1.29, 1.82) is 0 Å². The van der Waals surface area contributed by atoms with Crippen LogP contribution in [0.5, 0.6) is 11.5 Å². The number of aromatic hydroxyl groups is 1. The molecule has 2 aromatic rings. The maximum Gasteiger partial charge on any atom is 0.252 e. The van der Waals surface area contributed by atoms with E-state index in [9.17, 15) is 9.90 Å². The highest BCUT2D eigenvalue weighted by atomic mass is 16.5. The number of nitrogens with two attached hydrogens (primary N) is 1. The molecule has 5 nitrogen and oxygen atoms in total. The van der Waals surface area contributed by atoms with Crippen LogP contribution in [0.3, 0.4) is 0 Å². The van der Waals surface area contributed by atoms with Crippen LogP contribution in [0.25, 0.3) is 10.8 Å². The van der Waals surface area contributed by atoms with Crippen molar-refractivity contribution < 1.29 is 14.6 Å². The number of rotatable bonds is 3. The van der Waals surface area contributed by atoms with E-state index < -0.39 is 5.91 Å². The van der Waals surface area contributed by atoms with Gasteiger partial charge in [-0.3, -0.25) is 4.79 Å². The summed E-state index contributed by atoms with van der Waals surface area (Å²) in [7, 11) is 0. The molecule has 21 heavy (non-hydrogen) atoms. The first-order valence-corrected chi connectivity index (χ1v) is 7.08. The van der Waals surface area contributed by atoms with Crippen molar-refractivity contribution in [2.75, 3.05) is 13.1 Å². The van der Waals surface area contributed by atoms with E-state index in [0.29, 0.717) is 5.75 Å². The van der Waals surface area contributed by atoms with Gasteiger partial charge in [-0.2, -0.15) is 0 Å². The van der Waals surface area contributed by atoms with Gasteiger partial charge in [-0.05, 0) is 43.0 Å². The second-order valence-electron chi connectivity index (χ2n) is 5.30. The lowest BCUT2D eigenvalue weighted by Crippen LogP contribution is -2.37. The molecule has 0 aromatic heterocycles. The summed E-state index contributed by atoms with van der Waals surface area (Å²) in [5.74, 6) is -0.0439. The molecule has 0 radical (unpaired) electrons. The fourth-order valence-corrected chi connectivity index (χ4v) is 2.69. The van der Waals surface area contributed by atoms with Crippen molar-refractivity contribution in [1.82, 2.24) is 5.32 Å². The number of primary amides is 1. The Labute approximate surface area is 122 Å². The zero-order valence-corrected chi connectivity index (χ0v) is 11.6. The van der Waals surface area contributed by atoms with E-state index in [1.54, 1.807) is 12.1 Å². The van der Waals surface area contributed by atoms with Crippen LogP contribution in [0.15, 0.2) is 30.3 Å². The Balaban J connectivity index is 1.99. The maximum absolute atomic E-state index is 11.3. The van der Waals surface area contributed by atoms with Crippen LogP contribution in [-0.2, 0) is 0 Å². The summed E-state index contributed by atoms with van der Waals surface area (Å²) < 4.78 is 6.03. The van der Waals surface area contributed by atoms with Crippen molar-refractivity contribution in [2.24, 2.45) is 5.73 Å². The Bertz CT molecular complexity index is 679. The molecule has 0 saturated carbocycles. The number of carbonyl (C=O) groups excluding carboxylic acids is 1. The lowest BCUT2D eigenvalue weighted by atomic mass is 10.0. The van der Waals surface area contributed by atoms with Crippen molar-refractivity contribution in [2.45, 2.75) is 18.9 Å². The van der Waals surface area contributed by atoms with Gasteiger partial charge in [-0.15, -0.1) is 0 Å². The Morgan fingerprint density at radius 2 is 2.24 bits per heavy atom. The zero-order chi connectivity index (χ0) is 14.8. The van der Waals surface area contributed by atoms with E-state index in [0.717, 1.165) is 36.7 Å². The molecule has 1 aliphatic rings. The molecule has 1 heterocycles. The molecule has 1 unspecified atom stereocenters. The quantitative estimate of drug-likeness (QED) is 0.803. The number of carbonyl (C=O) groups is 1. The highest BCUT2D eigenvalue weighted by Gasteiger charge is 2.17. The predicted molar refractivity (Wildman–Crippen MR) is 80.7 cm³/mol. The fraction of sp³-hybridized carbons (Fsp3) is 0.312. The van der Waals surface area contributed by atoms with Gasteiger partial charge >= 0.3 is 0 Å². The molecular weight excluding hydrogens is 268 g/mol. The molecule has 0 aliphatic carbocycles. The Morgan fingerprint density at radius 3 is 2.95 bits per heavy atom. The van der Waals surface area contributed by atoms with E-state index in [1.165, 1.54) is 0 Å². The van der Waals surface area contributed by atoms with Gasteiger partial charge in [-0.1, -0.05) is 12.1 Å². The third kappa shape index (κ3) is 2.78. The van der Waals surface area contributed by atoms with Crippen LogP contribution in [0.2, 0.25) is 0 Å². The van der Waals surface area contributed by atoms with Crippen molar-refractivity contribution in [3.63, 3.8) is 0 Å². The number of hydrogen-bond donors (Lipinski definition) is 3. The van der Waals surface area contributed by atoms with Gasteiger partial charge in [0, 0.05) is 11.9 Å². The summed E-state index contributed by atoms with van der Waals surface area (Å²) >= 11 is 0. The van der Waals surface area contributed by atoms with Crippen molar-refractivity contribution in [3.8, 4) is 11.5 Å². The summed E-state index contributed by atoms with van der Waals surface area (Å²) in [5.41, 5.74) is 5.38. The first kappa shape index (κ1) is 13.7. The highest BCUT2D eigenvalue weighted by Crippen LogP contribution is 2.32. The predicted octanol–water partition coefficient (Wildman–Crippen LogP) is 1.78. The normalized spacial score (nSPS) is 18.6. The van der Waals surface area contributed by atoms with Gasteiger partial charge in [0.25, 0.3) is 5.91 Å². The number of fused-ring (bicyclic) bond motifs is 1. The molecule has 3 rings (SSSR count). The lowest BCUT2D eigenvalue weighted by molar-refractivity contribution is 0.0998. The van der Waals surface area contributed by atoms with Gasteiger partial charge in [0.2, 0.25) is 0 Å². The van der Waals surface area contributed by atoms with Gasteiger partial charge in [0.1, 0.15) is 17.6 Å². The van der Waals surface area contributed by atoms with E-state index in [-0.39, 0.29) is 17.4 Å². The molecule has 1 saturated heterocycles. The molecule has 2 aromatic carbocycles. The monoisotopic (exact) mass is 286 g/mol. The number of ether oxygens (including phenoxy) is 1. The molecule has 5 heteroatoms. The molecule has 1 atom stereocenters. The molecule has 110 valence electrons. The topological polar surface area (TPSA) is 84.6 Å². The molecule has 1 fully saturated rings. The molecule has 0 bridgehead atoms. The smallest absolute Gasteiger partial charge is 0.252 e. The standard InChI is InChI=1S/C16H18N2O3/c17-16(20)13-7-10-3-1-5-15(12(10)8-14(13)19)21-11-4-2-6-18-9-11/h1,3,5,7-8,11,18-19H,2,4,6,9H2,(H2,17,20). The first-order valence-electron chi connectivity index (χ1n) is 7.08. The van der Waals surface area contributed by atoms with Gasteiger partial charge in [0.05, 0.1) is 5.56 Å². The SMILES string of the molecule is NC(=O)c1cc2cccc(OC3CCCNC3)c2cc1O. The second kappa shape index (κ2) is 5.61. The number of nitrogens with one attached hydrogen (secondary N) is 1. The van der Waals surface area contributed by atoms with E-state index in [1.807, 2.05) is 18.2 Å². The van der Waals surface area contributed by atoms with Crippen LogP contribution in [0, 0.1) is 0 Å². The Kier molecular flexibility index (Phi) is 3.66. The van der Waals surface area contributed by atoms with E-state index >= 15 is 0 Å². The van der Waals surface area contributed by atoms with Crippen LogP contribution >= 0.6 is 0 Å². The Morgan fingerprint density at radius 1 is 1.38 bits per heavy atom. The maximum atomic E-state index is 11.3. The summed E-state index contributed by atoms with van der Waals surface area (Å²) in [6, 6.07) is 8.75. The van der Waals surface area contributed by atoms with E-state index in [4.69, 9.17) is 10.5 Å². The molecule has 1 aliphatic heterocycles. The minimum absolute atomic E-state index is 0.118. The average Bonchev–Trinajstić information content (AvgIpc) is 2.48. The highest BCUT2D eigenvalue weighted by molar-refractivity contribution is 6.01. The van der Waals surface area contributed by atoms with Crippen LogP contribution in [-0.4, -0.2) is 30.2 Å². The number of benzene rings is 2. The molecular formula is C16H18N2O3.